The Morgan fingerprint density at radius 3 is 2.73 bits per heavy atom. The predicted molar refractivity (Wildman–Crippen MR) is 87.0 cm³/mol. The van der Waals surface area contributed by atoms with Gasteiger partial charge in [0.05, 0.1) is 17.3 Å². The molecule has 0 bridgehead atoms. The van der Waals surface area contributed by atoms with Crippen molar-refractivity contribution in [3.05, 3.63) is 17.5 Å². The number of fused-ring (bicyclic) bond motifs is 1. The van der Waals surface area contributed by atoms with Gasteiger partial charge in [0, 0.05) is 24.3 Å². The van der Waals surface area contributed by atoms with Crippen LogP contribution in [0, 0.1) is 6.92 Å². The van der Waals surface area contributed by atoms with Crippen molar-refractivity contribution in [2.75, 3.05) is 13.1 Å². The van der Waals surface area contributed by atoms with Crippen LogP contribution >= 0.6 is 0 Å². The summed E-state index contributed by atoms with van der Waals surface area (Å²) in [4.78, 5) is 15.2. The van der Waals surface area contributed by atoms with Crippen molar-refractivity contribution >= 4 is 5.91 Å². The average Bonchev–Trinajstić information content (AvgIpc) is 3.02. The number of piperidine rings is 1. The van der Waals surface area contributed by atoms with Crippen LogP contribution in [-0.4, -0.2) is 45.8 Å². The van der Waals surface area contributed by atoms with E-state index in [-0.39, 0.29) is 11.4 Å². The maximum atomic E-state index is 12.7. The summed E-state index contributed by atoms with van der Waals surface area (Å²) < 4.78 is 1.93. The van der Waals surface area contributed by atoms with E-state index in [1.807, 2.05) is 11.6 Å². The van der Waals surface area contributed by atoms with Gasteiger partial charge in [-0.3, -0.25) is 14.4 Å². The molecule has 0 aliphatic carbocycles. The van der Waals surface area contributed by atoms with E-state index in [0.29, 0.717) is 17.6 Å². The molecule has 1 aromatic heterocycles. The first-order valence-electron chi connectivity index (χ1n) is 8.48. The first-order chi connectivity index (χ1) is 10.4. The first-order valence-corrected chi connectivity index (χ1v) is 8.48. The van der Waals surface area contributed by atoms with E-state index < -0.39 is 0 Å². The lowest BCUT2D eigenvalue weighted by Gasteiger charge is -2.32. The Balaban J connectivity index is 1.71. The Hall–Kier alpha value is -1.36. The maximum absolute atomic E-state index is 12.7. The van der Waals surface area contributed by atoms with E-state index in [9.17, 15) is 4.79 Å². The summed E-state index contributed by atoms with van der Waals surface area (Å²) in [5.41, 5.74) is 1.56. The second-order valence-corrected chi connectivity index (χ2v) is 7.69. The van der Waals surface area contributed by atoms with Gasteiger partial charge in [0.15, 0.2) is 0 Å². The number of amides is 1. The van der Waals surface area contributed by atoms with Gasteiger partial charge < -0.3 is 5.32 Å². The Morgan fingerprint density at radius 1 is 1.27 bits per heavy atom. The Labute approximate surface area is 133 Å². The zero-order chi connectivity index (χ0) is 15.9. The van der Waals surface area contributed by atoms with Crippen molar-refractivity contribution in [1.82, 2.24) is 20.0 Å². The second kappa shape index (κ2) is 5.69. The van der Waals surface area contributed by atoms with Gasteiger partial charge in [-0.05, 0) is 53.5 Å². The number of rotatable bonds is 2. The van der Waals surface area contributed by atoms with Gasteiger partial charge in [-0.25, -0.2) is 0 Å². The van der Waals surface area contributed by atoms with E-state index in [1.54, 1.807) is 6.20 Å². The van der Waals surface area contributed by atoms with Crippen LogP contribution in [0.25, 0.3) is 0 Å². The highest BCUT2D eigenvalue weighted by molar-refractivity contribution is 5.95. The quantitative estimate of drug-likeness (QED) is 0.912. The van der Waals surface area contributed by atoms with Crippen LogP contribution < -0.4 is 5.32 Å². The molecule has 1 N–H and O–H groups in total. The molecule has 2 atom stereocenters. The minimum Gasteiger partial charge on any atom is -0.348 e. The van der Waals surface area contributed by atoms with Crippen molar-refractivity contribution in [2.45, 2.75) is 71.0 Å². The molecule has 2 aliphatic heterocycles. The Kier molecular flexibility index (Phi) is 4.02. The SMILES string of the molecule is Cc1c(C(=O)N[C@@H]2CCN3CCCC[C@@H]23)cnn1C(C)(C)C. The number of carbonyl (C=O) groups is 1. The summed E-state index contributed by atoms with van der Waals surface area (Å²) in [6.07, 6.45) is 6.58. The monoisotopic (exact) mass is 304 g/mol. The van der Waals surface area contributed by atoms with Crippen molar-refractivity contribution in [1.29, 1.82) is 0 Å². The molecule has 3 heterocycles. The molecule has 2 aliphatic rings. The molecule has 0 saturated carbocycles. The van der Waals surface area contributed by atoms with Crippen LogP contribution in [-0.2, 0) is 5.54 Å². The van der Waals surface area contributed by atoms with Crippen molar-refractivity contribution < 1.29 is 4.79 Å². The van der Waals surface area contributed by atoms with E-state index in [2.05, 4.69) is 36.1 Å². The molecular weight excluding hydrogens is 276 g/mol. The van der Waals surface area contributed by atoms with Crippen LogP contribution in [0.5, 0.6) is 0 Å². The molecule has 1 amide bonds. The standard InChI is InChI=1S/C17H28N4O/c1-12-13(11-18-21(12)17(2,3)4)16(22)19-14-8-10-20-9-6-5-7-15(14)20/h11,14-15H,5-10H2,1-4H3,(H,19,22)/t14-,15+/m1/s1. The topological polar surface area (TPSA) is 50.2 Å². The van der Waals surface area contributed by atoms with E-state index in [1.165, 1.54) is 25.8 Å². The smallest absolute Gasteiger partial charge is 0.255 e. The van der Waals surface area contributed by atoms with Gasteiger partial charge >= 0.3 is 0 Å². The third-order valence-electron chi connectivity index (χ3n) is 5.06. The first kappa shape index (κ1) is 15.5. The highest BCUT2D eigenvalue weighted by Gasteiger charge is 2.36. The van der Waals surface area contributed by atoms with Crippen LogP contribution in [0.1, 0.15) is 62.5 Å². The third-order valence-corrected chi connectivity index (χ3v) is 5.06. The summed E-state index contributed by atoms with van der Waals surface area (Å²) in [5, 5.41) is 7.68. The molecule has 0 aromatic carbocycles. The lowest BCUT2D eigenvalue weighted by Crippen LogP contribution is -2.46. The van der Waals surface area contributed by atoms with Crippen LogP contribution in [0.4, 0.5) is 0 Å². The number of hydrogen-bond acceptors (Lipinski definition) is 3. The summed E-state index contributed by atoms with van der Waals surface area (Å²) >= 11 is 0. The average molecular weight is 304 g/mol. The van der Waals surface area contributed by atoms with Crippen LogP contribution in [0.3, 0.4) is 0 Å². The summed E-state index contributed by atoms with van der Waals surface area (Å²) in [7, 11) is 0. The molecule has 2 fully saturated rings. The van der Waals surface area contributed by atoms with Crippen molar-refractivity contribution in [2.24, 2.45) is 0 Å². The number of nitrogens with one attached hydrogen (secondary N) is 1. The maximum Gasteiger partial charge on any atom is 0.255 e. The second-order valence-electron chi connectivity index (χ2n) is 7.69. The number of carbonyl (C=O) groups excluding carboxylic acids is 1. The fraction of sp³-hybridized carbons (Fsp3) is 0.765. The molecule has 5 nitrogen and oxygen atoms in total. The van der Waals surface area contributed by atoms with Gasteiger partial charge in [-0.1, -0.05) is 6.42 Å². The molecule has 5 heteroatoms. The number of nitrogens with zero attached hydrogens (tertiary/aromatic N) is 3. The normalized spacial score (nSPS) is 26.0. The molecule has 22 heavy (non-hydrogen) atoms. The zero-order valence-electron chi connectivity index (χ0n) is 14.2. The third kappa shape index (κ3) is 2.78. The molecule has 3 rings (SSSR count). The summed E-state index contributed by atoms with van der Waals surface area (Å²) in [5.74, 6) is 0.0328. The molecule has 0 spiro atoms. The van der Waals surface area contributed by atoms with E-state index >= 15 is 0 Å². The Bertz CT molecular complexity index is 557. The lowest BCUT2D eigenvalue weighted by molar-refractivity contribution is 0.0914. The fourth-order valence-electron chi connectivity index (χ4n) is 3.97. The lowest BCUT2D eigenvalue weighted by atomic mass is 9.99. The molecule has 122 valence electrons. The summed E-state index contributed by atoms with van der Waals surface area (Å²) in [6, 6.07) is 0.834. The van der Waals surface area contributed by atoms with Gasteiger partial charge in [-0.2, -0.15) is 5.10 Å². The van der Waals surface area contributed by atoms with Gasteiger partial charge in [0.25, 0.3) is 5.91 Å². The minimum atomic E-state index is -0.101. The minimum absolute atomic E-state index is 0.0328. The fourth-order valence-corrected chi connectivity index (χ4v) is 3.97. The molecule has 0 unspecified atom stereocenters. The molecule has 0 radical (unpaired) electrons. The highest BCUT2D eigenvalue weighted by atomic mass is 16.1. The highest BCUT2D eigenvalue weighted by Crippen LogP contribution is 2.27. The van der Waals surface area contributed by atoms with Gasteiger partial charge in [0.2, 0.25) is 0 Å². The van der Waals surface area contributed by atoms with Crippen molar-refractivity contribution in [3.63, 3.8) is 0 Å². The number of hydrogen-bond donors (Lipinski definition) is 1. The summed E-state index contributed by atoms with van der Waals surface area (Å²) in [6.45, 7) is 10.6. The molecule has 1 aromatic rings. The number of aromatic nitrogens is 2. The van der Waals surface area contributed by atoms with Crippen molar-refractivity contribution in [3.8, 4) is 0 Å². The van der Waals surface area contributed by atoms with Crippen LogP contribution in [0.15, 0.2) is 6.20 Å². The molecule has 2 saturated heterocycles. The van der Waals surface area contributed by atoms with E-state index in [0.717, 1.165) is 18.7 Å². The molecular formula is C17H28N4O. The van der Waals surface area contributed by atoms with E-state index in [4.69, 9.17) is 0 Å². The zero-order valence-corrected chi connectivity index (χ0v) is 14.2. The largest absolute Gasteiger partial charge is 0.348 e. The van der Waals surface area contributed by atoms with Gasteiger partial charge in [0.1, 0.15) is 0 Å². The van der Waals surface area contributed by atoms with Crippen LogP contribution in [0.2, 0.25) is 0 Å². The van der Waals surface area contributed by atoms with Gasteiger partial charge in [-0.15, -0.1) is 0 Å². The Morgan fingerprint density at radius 2 is 2.05 bits per heavy atom. The predicted octanol–water partition coefficient (Wildman–Crippen LogP) is 2.30.